The van der Waals surface area contributed by atoms with Crippen LogP contribution in [0.5, 0.6) is 0 Å². The minimum absolute atomic E-state index is 0.0169. The summed E-state index contributed by atoms with van der Waals surface area (Å²) in [5.74, 6) is -1.09. The highest BCUT2D eigenvalue weighted by molar-refractivity contribution is 7.93. The number of rotatable bonds is 7. The van der Waals surface area contributed by atoms with Crippen LogP contribution in [0.15, 0.2) is 23.6 Å². The van der Waals surface area contributed by atoms with Crippen molar-refractivity contribution in [3.8, 4) is 0 Å². The number of aromatic nitrogens is 1. The molecule has 0 radical (unpaired) electrons. The van der Waals surface area contributed by atoms with Crippen LogP contribution in [0.1, 0.15) is 60.1 Å². The Morgan fingerprint density at radius 2 is 1.82 bits per heavy atom. The van der Waals surface area contributed by atoms with Gasteiger partial charge in [0.2, 0.25) is 15.9 Å². The Balaban J connectivity index is 1.46. The van der Waals surface area contributed by atoms with E-state index in [1.165, 1.54) is 12.1 Å². The molecule has 0 atom stereocenters. The second kappa shape index (κ2) is 8.29. The van der Waals surface area contributed by atoms with Crippen molar-refractivity contribution < 1.29 is 26.9 Å². The molecule has 1 aliphatic carbocycles. The number of carbonyl (C=O) groups is 1. The molecule has 1 aromatic carbocycles. The van der Waals surface area contributed by atoms with E-state index in [4.69, 9.17) is 9.31 Å². The lowest BCUT2D eigenvalue weighted by molar-refractivity contribution is -0.120. The van der Waals surface area contributed by atoms with Crippen molar-refractivity contribution in [1.29, 1.82) is 0 Å². The number of nitrogens with one attached hydrogen (secondary N) is 2. The predicted molar refractivity (Wildman–Crippen MR) is 131 cm³/mol. The lowest BCUT2D eigenvalue weighted by Gasteiger charge is -2.32. The van der Waals surface area contributed by atoms with Gasteiger partial charge in [-0.15, -0.1) is 11.3 Å². The van der Waals surface area contributed by atoms with Gasteiger partial charge in [0.25, 0.3) is 0 Å². The van der Waals surface area contributed by atoms with Gasteiger partial charge in [-0.05, 0) is 72.0 Å². The number of amides is 1. The topological polar surface area (TPSA) is 107 Å². The molecule has 2 aromatic rings. The fraction of sp³-hybridized carbons (Fsp3) is 0.545. The van der Waals surface area contributed by atoms with E-state index in [0.29, 0.717) is 24.0 Å². The predicted octanol–water partition coefficient (Wildman–Crippen LogP) is 3.40. The first-order valence-corrected chi connectivity index (χ1v) is 13.5. The van der Waals surface area contributed by atoms with Gasteiger partial charge in [-0.3, -0.25) is 9.52 Å². The number of carbonyl (C=O) groups excluding carboxylic acids is 1. The van der Waals surface area contributed by atoms with Crippen molar-refractivity contribution in [1.82, 2.24) is 4.98 Å². The quantitative estimate of drug-likeness (QED) is 0.555. The average Bonchev–Trinajstić information content (AvgIpc) is 3.44. The monoisotopic (exact) mass is 509 g/mol. The standard InChI is InChI=1S/C22H29BFN3O5S2/c1-20(2,17-12-33-19(26-17)27-34(29,30)14-8-9-14)18(28)25-16-10-7-13(11-15(16)24)23-31-21(3,4)22(5,6)32-23/h7,10-12,14H,8-9H2,1-6H3,(H,25,28)(H,26,27). The minimum atomic E-state index is -3.45. The largest absolute Gasteiger partial charge is 0.494 e. The van der Waals surface area contributed by atoms with Gasteiger partial charge >= 0.3 is 7.12 Å². The summed E-state index contributed by atoms with van der Waals surface area (Å²) in [6.07, 6.45) is 1.28. The Labute approximate surface area is 203 Å². The molecule has 2 N–H and O–H groups in total. The summed E-state index contributed by atoms with van der Waals surface area (Å²) in [7, 11) is -4.16. The number of sulfonamides is 1. The first kappa shape index (κ1) is 25.1. The van der Waals surface area contributed by atoms with Gasteiger partial charge in [-0.25, -0.2) is 17.8 Å². The second-order valence-corrected chi connectivity index (χ2v) is 13.1. The minimum Gasteiger partial charge on any atom is -0.399 e. The van der Waals surface area contributed by atoms with Crippen LogP contribution in [0.4, 0.5) is 15.2 Å². The number of hydrogen-bond acceptors (Lipinski definition) is 7. The molecule has 1 amide bonds. The second-order valence-electron chi connectivity index (χ2n) is 10.3. The van der Waals surface area contributed by atoms with Crippen molar-refractivity contribution in [3.63, 3.8) is 0 Å². The summed E-state index contributed by atoms with van der Waals surface area (Å²) in [6, 6.07) is 4.42. The van der Waals surface area contributed by atoms with Crippen molar-refractivity contribution in [2.24, 2.45) is 0 Å². The first-order valence-electron chi connectivity index (χ1n) is 11.1. The fourth-order valence-corrected chi connectivity index (χ4v) is 5.82. The van der Waals surface area contributed by atoms with E-state index in [-0.39, 0.29) is 16.1 Å². The number of hydrogen-bond donors (Lipinski definition) is 2. The molecule has 2 aliphatic rings. The fourth-order valence-electron chi connectivity index (χ4n) is 3.34. The summed E-state index contributed by atoms with van der Waals surface area (Å²) in [4.78, 5) is 17.3. The highest BCUT2D eigenvalue weighted by atomic mass is 32.2. The molecular weight excluding hydrogens is 480 g/mol. The van der Waals surface area contributed by atoms with Gasteiger partial charge < -0.3 is 14.6 Å². The lowest BCUT2D eigenvalue weighted by atomic mass is 9.79. The third-order valence-corrected chi connectivity index (χ3v) is 9.39. The van der Waals surface area contributed by atoms with Crippen molar-refractivity contribution in [3.05, 3.63) is 35.1 Å². The summed E-state index contributed by atoms with van der Waals surface area (Å²) in [5.41, 5.74) is -1.31. The summed E-state index contributed by atoms with van der Waals surface area (Å²) in [6.45, 7) is 11.0. The Bertz CT molecular complexity index is 1210. The third-order valence-electron chi connectivity index (χ3n) is 6.67. The van der Waals surface area contributed by atoms with Gasteiger partial charge in [0.15, 0.2) is 5.13 Å². The van der Waals surface area contributed by atoms with Gasteiger partial charge in [-0.2, -0.15) is 0 Å². The van der Waals surface area contributed by atoms with E-state index in [1.54, 1.807) is 25.3 Å². The number of anilines is 2. The van der Waals surface area contributed by atoms with E-state index >= 15 is 0 Å². The highest BCUT2D eigenvalue weighted by Gasteiger charge is 2.51. The van der Waals surface area contributed by atoms with Crippen molar-refractivity contribution in [2.45, 2.75) is 76.3 Å². The maximum atomic E-state index is 14.9. The molecule has 12 heteroatoms. The molecule has 1 aliphatic heterocycles. The first-order chi connectivity index (χ1) is 15.6. The summed E-state index contributed by atoms with van der Waals surface area (Å²) in [5, 5.41) is 4.08. The van der Waals surface area contributed by atoms with Crippen LogP contribution in [0.2, 0.25) is 0 Å². The summed E-state index contributed by atoms with van der Waals surface area (Å²) >= 11 is 1.11. The van der Waals surface area contributed by atoms with Crippen molar-refractivity contribution in [2.75, 3.05) is 10.0 Å². The van der Waals surface area contributed by atoms with Crippen LogP contribution in [-0.4, -0.2) is 42.9 Å². The number of nitrogens with zero attached hydrogens (tertiary/aromatic N) is 1. The van der Waals surface area contributed by atoms with Gasteiger partial charge in [0.05, 0.1) is 33.2 Å². The molecule has 0 spiro atoms. The Hall–Kier alpha value is -2.02. The zero-order valence-corrected chi connectivity index (χ0v) is 21.7. The average molecular weight is 509 g/mol. The van der Waals surface area contributed by atoms with Crippen LogP contribution in [-0.2, 0) is 29.5 Å². The molecule has 1 saturated heterocycles. The Kier molecular flexibility index (Phi) is 6.11. The molecule has 8 nitrogen and oxygen atoms in total. The van der Waals surface area contributed by atoms with Crippen LogP contribution < -0.4 is 15.5 Å². The number of benzene rings is 1. The lowest BCUT2D eigenvalue weighted by Crippen LogP contribution is -2.41. The van der Waals surface area contributed by atoms with Crippen LogP contribution in [0.25, 0.3) is 0 Å². The molecule has 1 aromatic heterocycles. The van der Waals surface area contributed by atoms with Crippen molar-refractivity contribution >= 4 is 50.7 Å². The zero-order chi connectivity index (χ0) is 25.1. The molecular formula is C22H29BFN3O5S2. The van der Waals surface area contributed by atoms with Gasteiger partial charge in [0.1, 0.15) is 5.82 Å². The molecule has 2 fully saturated rings. The van der Waals surface area contributed by atoms with E-state index in [2.05, 4.69) is 15.0 Å². The van der Waals surface area contributed by atoms with E-state index in [0.717, 1.165) is 11.3 Å². The third kappa shape index (κ3) is 4.73. The maximum Gasteiger partial charge on any atom is 0.494 e. The molecule has 4 rings (SSSR count). The maximum absolute atomic E-state index is 14.9. The normalized spacial score (nSPS) is 19.8. The van der Waals surface area contributed by atoms with E-state index < -0.39 is 45.5 Å². The number of thiazole rings is 1. The Morgan fingerprint density at radius 3 is 2.38 bits per heavy atom. The summed E-state index contributed by atoms with van der Waals surface area (Å²) < 4.78 is 53.6. The molecule has 0 unspecified atom stereocenters. The van der Waals surface area contributed by atoms with Crippen LogP contribution in [0.3, 0.4) is 0 Å². The molecule has 184 valence electrons. The van der Waals surface area contributed by atoms with Gasteiger partial charge in [-0.1, -0.05) is 6.07 Å². The SMILES string of the molecule is CC(C)(C(=O)Nc1ccc(B2OC(C)(C)C(C)(C)O2)cc1F)c1csc(NS(=O)(=O)C2CC2)n1. The van der Waals surface area contributed by atoms with Crippen LogP contribution in [0, 0.1) is 5.82 Å². The zero-order valence-electron chi connectivity index (χ0n) is 20.1. The molecule has 2 heterocycles. The van der Waals surface area contributed by atoms with Gasteiger partial charge in [0, 0.05) is 5.38 Å². The number of halogens is 1. The smallest absolute Gasteiger partial charge is 0.399 e. The van der Waals surface area contributed by atoms with E-state index in [9.17, 15) is 17.6 Å². The van der Waals surface area contributed by atoms with E-state index in [1.807, 2.05) is 27.7 Å². The molecule has 0 bridgehead atoms. The Morgan fingerprint density at radius 1 is 1.21 bits per heavy atom. The highest BCUT2D eigenvalue weighted by Crippen LogP contribution is 2.37. The molecule has 1 saturated carbocycles. The van der Waals surface area contributed by atoms with Crippen LogP contribution >= 0.6 is 11.3 Å². The molecule has 34 heavy (non-hydrogen) atoms.